The number of aromatic nitrogens is 2. The Morgan fingerprint density at radius 1 is 1.06 bits per heavy atom. The van der Waals surface area contributed by atoms with Crippen molar-refractivity contribution in [1.29, 1.82) is 0 Å². The summed E-state index contributed by atoms with van der Waals surface area (Å²) < 4.78 is 17.2. The summed E-state index contributed by atoms with van der Waals surface area (Å²) in [6, 6.07) is 14.6. The van der Waals surface area contributed by atoms with Crippen LogP contribution in [0.5, 0.6) is 5.75 Å². The Balaban J connectivity index is 1.14. The molecule has 3 aromatic rings. The van der Waals surface area contributed by atoms with Gasteiger partial charge in [-0.15, -0.1) is 10.2 Å². The zero-order valence-corrected chi connectivity index (χ0v) is 20.2. The number of hydrogen-bond acceptors (Lipinski definition) is 8. The highest BCUT2D eigenvalue weighted by atomic mass is 32.1. The van der Waals surface area contributed by atoms with E-state index in [1.54, 1.807) is 24.3 Å². The molecule has 0 unspecified atom stereocenters. The topological polar surface area (TPSA) is 103 Å². The molecule has 2 amide bonds. The first-order chi connectivity index (χ1) is 17.0. The van der Waals surface area contributed by atoms with Crippen LogP contribution in [0.3, 0.4) is 0 Å². The number of carbonyl (C=O) groups excluding carboxylic acids is 2. The third-order valence-corrected chi connectivity index (χ3v) is 7.02. The second-order valence-corrected chi connectivity index (χ2v) is 9.55. The highest BCUT2D eigenvalue weighted by Gasteiger charge is 2.40. The summed E-state index contributed by atoms with van der Waals surface area (Å²) in [6.07, 6.45) is 1.35. The van der Waals surface area contributed by atoms with Crippen LogP contribution in [-0.2, 0) is 16.1 Å². The Bertz CT molecular complexity index is 1200. The lowest BCUT2D eigenvalue weighted by Gasteiger charge is -2.37. The summed E-state index contributed by atoms with van der Waals surface area (Å²) in [5.74, 6) is -0.144. The molecule has 0 radical (unpaired) electrons. The number of rotatable bonds is 6. The van der Waals surface area contributed by atoms with Gasteiger partial charge >= 0.3 is 0 Å². The summed E-state index contributed by atoms with van der Waals surface area (Å²) in [6.45, 7) is 4.60. The predicted molar refractivity (Wildman–Crippen MR) is 130 cm³/mol. The average Bonchev–Trinajstić information content (AvgIpc) is 3.54. The van der Waals surface area contributed by atoms with Gasteiger partial charge in [0.1, 0.15) is 12.4 Å². The van der Waals surface area contributed by atoms with E-state index < -0.39 is 5.79 Å². The molecule has 35 heavy (non-hydrogen) atoms. The number of aryl methyl sites for hydroxylation is 1. The fraction of sp³-hybridized carbons (Fsp3) is 0.360. The monoisotopic (exact) mass is 494 g/mol. The molecule has 0 bridgehead atoms. The number of nitrogens with one attached hydrogen (secondary N) is 1. The van der Waals surface area contributed by atoms with Gasteiger partial charge in [-0.3, -0.25) is 9.59 Å². The minimum absolute atomic E-state index is 0.0434. The van der Waals surface area contributed by atoms with E-state index in [2.05, 4.69) is 15.5 Å². The summed E-state index contributed by atoms with van der Waals surface area (Å²) in [7, 11) is 0. The van der Waals surface area contributed by atoms with Crippen molar-refractivity contribution in [2.45, 2.75) is 32.2 Å². The van der Waals surface area contributed by atoms with E-state index in [0.717, 1.165) is 11.3 Å². The van der Waals surface area contributed by atoms with Crippen molar-refractivity contribution in [2.75, 3.05) is 31.6 Å². The zero-order valence-electron chi connectivity index (χ0n) is 19.4. The summed E-state index contributed by atoms with van der Waals surface area (Å²) in [4.78, 5) is 27.3. The van der Waals surface area contributed by atoms with Gasteiger partial charge in [0, 0.05) is 37.2 Å². The summed E-state index contributed by atoms with van der Waals surface area (Å²) in [5, 5.41) is 11.7. The van der Waals surface area contributed by atoms with Gasteiger partial charge in [-0.2, -0.15) is 0 Å². The number of amides is 2. The molecule has 0 atom stereocenters. The van der Waals surface area contributed by atoms with Crippen molar-refractivity contribution >= 4 is 28.8 Å². The van der Waals surface area contributed by atoms with Crippen molar-refractivity contribution in [3.8, 4) is 5.75 Å². The molecule has 1 aromatic heterocycles. The molecule has 2 aromatic carbocycles. The fourth-order valence-corrected chi connectivity index (χ4v) is 4.81. The SMILES string of the molecule is Cc1ccccc1OCc1nnc(C(=O)Nc2ccc(C(=O)N3CCC4(CC3)OCCO4)cc2)s1. The average molecular weight is 495 g/mol. The molecule has 1 spiro atoms. The van der Waals surface area contributed by atoms with Crippen LogP contribution < -0.4 is 10.1 Å². The molecule has 3 heterocycles. The fourth-order valence-electron chi connectivity index (χ4n) is 4.16. The highest BCUT2D eigenvalue weighted by Crippen LogP contribution is 2.31. The van der Waals surface area contributed by atoms with E-state index in [1.807, 2.05) is 36.1 Å². The van der Waals surface area contributed by atoms with E-state index in [9.17, 15) is 9.59 Å². The maximum atomic E-state index is 12.9. The quantitative estimate of drug-likeness (QED) is 0.558. The molecular weight excluding hydrogens is 468 g/mol. The van der Waals surface area contributed by atoms with E-state index in [0.29, 0.717) is 55.4 Å². The second kappa shape index (κ2) is 10.1. The number of piperidine rings is 1. The van der Waals surface area contributed by atoms with Crippen LogP contribution in [0, 0.1) is 6.92 Å². The molecular formula is C25H26N4O5S. The van der Waals surface area contributed by atoms with Gasteiger partial charge < -0.3 is 24.4 Å². The molecule has 2 aliphatic rings. The van der Waals surface area contributed by atoms with Gasteiger partial charge in [-0.1, -0.05) is 29.5 Å². The smallest absolute Gasteiger partial charge is 0.286 e. The van der Waals surface area contributed by atoms with Crippen LogP contribution in [0.25, 0.3) is 0 Å². The van der Waals surface area contributed by atoms with Gasteiger partial charge in [-0.25, -0.2) is 0 Å². The number of likely N-dealkylation sites (tertiary alicyclic amines) is 1. The van der Waals surface area contributed by atoms with Gasteiger partial charge in [0.15, 0.2) is 10.8 Å². The number of para-hydroxylation sites is 1. The Hall–Kier alpha value is -3.34. The predicted octanol–water partition coefficient (Wildman–Crippen LogP) is 3.66. The molecule has 2 saturated heterocycles. The normalized spacial score (nSPS) is 16.9. The van der Waals surface area contributed by atoms with Gasteiger partial charge in [0.25, 0.3) is 11.8 Å². The van der Waals surface area contributed by atoms with Gasteiger partial charge in [0.2, 0.25) is 5.01 Å². The van der Waals surface area contributed by atoms with Crippen LogP contribution in [-0.4, -0.2) is 59.0 Å². The molecule has 2 aliphatic heterocycles. The molecule has 0 aliphatic carbocycles. The summed E-state index contributed by atoms with van der Waals surface area (Å²) in [5.41, 5.74) is 2.17. The van der Waals surface area contributed by atoms with Crippen molar-refractivity contribution in [3.05, 3.63) is 69.7 Å². The number of benzene rings is 2. The second-order valence-electron chi connectivity index (χ2n) is 8.49. The van der Waals surface area contributed by atoms with Crippen LogP contribution in [0.1, 0.15) is 43.6 Å². The van der Waals surface area contributed by atoms with Crippen molar-refractivity contribution in [2.24, 2.45) is 0 Å². The number of anilines is 1. The van der Waals surface area contributed by atoms with Crippen LogP contribution in [0.2, 0.25) is 0 Å². The Kier molecular flexibility index (Phi) is 6.76. The van der Waals surface area contributed by atoms with Crippen LogP contribution in [0.4, 0.5) is 5.69 Å². The first-order valence-electron chi connectivity index (χ1n) is 11.5. The maximum Gasteiger partial charge on any atom is 0.286 e. The third kappa shape index (κ3) is 5.34. The molecule has 9 nitrogen and oxygen atoms in total. The summed E-state index contributed by atoms with van der Waals surface area (Å²) >= 11 is 1.18. The van der Waals surface area contributed by atoms with E-state index in [1.165, 1.54) is 11.3 Å². The number of carbonyl (C=O) groups is 2. The lowest BCUT2D eigenvalue weighted by molar-refractivity contribution is -0.181. The Labute approximate surface area is 207 Å². The van der Waals surface area contributed by atoms with E-state index in [-0.39, 0.29) is 23.4 Å². The Morgan fingerprint density at radius 3 is 2.49 bits per heavy atom. The van der Waals surface area contributed by atoms with Crippen LogP contribution in [0.15, 0.2) is 48.5 Å². The van der Waals surface area contributed by atoms with Gasteiger partial charge in [0.05, 0.1) is 13.2 Å². The van der Waals surface area contributed by atoms with Crippen molar-refractivity contribution in [1.82, 2.24) is 15.1 Å². The van der Waals surface area contributed by atoms with E-state index >= 15 is 0 Å². The highest BCUT2D eigenvalue weighted by molar-refractivity contribution is 7.13. The van der Waals surface area contributed by atoms with Gasteiger partial charge in [-0.05, 0) is 42.8 Å². The maximum absolute atomic E-state index is 12.9. The first kappa shape index (κ1) is 23.4. The van der Waals surface area contributed by atoms with E-state index in [4.69, 9.17) is 14.2 Å². The zero-order chi connectivity index (χ0) is 24.3. The lowest BCUT2D eigenvalue weighted by Crippen LogP contribution is -2.47. The number of nitrogens with zero attached hydrogens (tertiary/aromatic N) is 3. The Morgan fingerprint density at radius 2 is 1.77 bits per heavy atom. The first-order valence-corrected chi connectivity index (χ1v) is 12.3. The lowest BCUT2D eigenvalue weighted by atomic mass is 10.0. The molecule has 0 saturated carbocycles. The third-order valence-electron chi connectivity index (χ3n) is 6.12. The van der Waals surface area contributed by atoms with Crippen LogP contribution >= 0.6 is 11.3 Å². The molecule has 5 rings (SSSR count). The van der Waals surface area contributed by atoms with Crippen molar-refractivity contribution in [3.63, 3.8) is 0 Å². The minimum atomic E-state index is -0.512. The number of hydrogen-bond donors (Lipinski definition) is 1. The molecule has 10 heteroatoms. The largest absolute Gasteiger partial charge is 0.486 e. The molecule has 2 fully saturated rings. The minimum Gasteiger partial charge on any atom is -0.486 e. The standard InChI is InChI=1S/C25H26N4O5S/c1-17-4-2-3-5-20(17)32-16-21-27-28-23(35-21)22(30)26-19-8-6-18(7-9-19)24(31)29-12-10-25(11-13-29)33-14-15-34-25/h2-9H,10-16H2,1H3,(H,26,30). The molecule has 1 N–H and O–H groups in total. The van der Waals surface area contributed by atoms with Crippen molar-refractivity contribution < 1.29 is 23.8 Å². The molecule has 182 valence electrons. The number of ether oxygens (including phenoxy) is 3.